The molecular formula is C16H31Cl2N3O. The second-order valence-electron chi connectivity index (χ2n) is 7.10. The Morgan fingerprint density at radius 1 is 1.23 bits per heavy atom. The second kappa shape index (κ2) is 8.72. The highest BCUT2D eigenvalue weighted by molar-refractivity contribution is 5.85. The molecule has 4 nitrogen and oxygen atoms in total. The molecule has 4 atom stereocenters. The fraction of sp³-hybridized carbons (Fsp3) is 0.938. The van der Waals surface area contributed by atoms with Crippen LogP contribution >= 0.6 is 24.8 Å². The van der Waals surface area contributed by atoms with Crippen molar-refractivity contribution in [3.63, 3.8) is 0 Å². The molecular weight excluding hydrogens is 321 g/mol. The lowest BCUT2D eigenvalue weighted by molar-refractivity contribution is -0.123. The summed E-state index contributed by atoms with van der Waals surface area (Å²) < 4.78 is 0. The van der Waals surface area contributed by atoms with Crippen LogP contribution in [0.4, 0.5) is 0 Å². The van der Waals surface area contributed by atoms with Gasteiger partial charge in [-0.25, -0.2) is 0 Å². The van der Waals surface area contributed by atoms with E-state index in [1.54, 1.807) is 0 Å². The maximum atomic E-state index is 12.3. The fourth-order valence-electron chi connectivity index (χ4n) is 3.88. The van der Waals surface area contributed by atoms with Crippen molar-refractivity contribution in [2.24, 2.45) is 5.92 Å². The summed E-state index contributed by atoms with van der Waals surface area (Å²) in [5.41, 5.74) is 0. The maximum Gasteiger partial charge on any atom is 0.237 e. The van der Waals surface area contributed by atoms with Gasteiger partial charge in [0.05, 0.1) is 6.04 Å². The van der Waals surface area contributed by atoms with Gasteiger partial charge in [-0.05, 0) is 52.0 Å². The van der Waals surface area contributed by atoms with Crippen molar-refractivity contribution in [2.75, 3.05) is 13.6 Å². The Morgan fingerprint density at radius 3 is 2.55 bits per heavy atom. The molecule has 6 heteroatoms. The first-order valence-corrected chi connectivity index (χ1v) is 8.41. The standard InChI is InChI=1S/C16H29N3O.2ClH/c1-11(19(2)13-7-8-13)10-17-16(20)15-9-12-5-3-4-6-14(12)18-15;;/h11-15,18H,3-10H2,1-2H3,(H,17,20);2*1H. The van der Waals surface area contributed by atoms with Crippen LogP contribution in [0, 0.1) is 5.92 Å². The average molecular weight is 352 g/mol. The predicted octanol–water partition coefficient (Wildman–Crippen LogP) is 2.35. The van der Waals surface area contributed by atoms with E-state index in [1.165, 1.54) is 38.5 Å². The van der Waals surface area contributed by atoms with Gasteiger partial charge >= 0.3 is 0 Å². The van der Waals surface area contributed by atoms with Gasteiger partial charge in [-0.3, -0.25) is 9.69 Å². The molecule has 2 N–H and O–H groups in total. The van der Waals surface area contributed by atoms with Crippen molar-refractivity contribution >= 4 is 30.7 Å². The molecule has 2 aliphatic carbocycles. The SMILES string of the molecule is CC(CNC(=O)C1CC2CCCCC2N1)N(C)C1CC1.Cl.Cl. The number of nitrogens with one attached hydrogen (secondary N) is 2. The van der Waals surface area contributed by atoms with E-state index in [0.29, 0.717) is 12.1 Å². The number of hydrogen-bond donors (Lipinski definition) is 2. The topological polar surface area (TPSA) is 44.4 Å². The highest BCUT2D eigenvalue weighted by Crippen LogP contribution is 2.33. The van der Waals surface area contributed by atoms with E-state index >= 15 is 0 Å². The lowest BCUT2D eigenvalue weighted by Crippen LogP contribution is -2.47. The van der Waals surface area contributed by atoms with Crippen LogP contribution in [0.1, 0.15) is 51.9 Å². The first-order chi connectivity index (χ1) is 9.65. The number of carbonyl (C=O) groups is 1. The average Bonchev–Trinajstić information content (AvgIpc) is 3.21. The zero-order valence-electron chi connectivity index (χ0n) is 13.7. The Morgan fingerprint density at radius 2 is 1.91 bits per heavy atom. The van der Waals surface area contributed by atoms with Gasteiger partial charge in [0.25, 0.3) is 0 Å². The normalized spacial score (nSPS) is 31.7. The summed E-state index contributed by atoms with van der Waals surface area (Å²) in [6, 6.07) is 1.86. The third-order valence-electron chi connectivity index (χ3n) is 5.57. The van der Waals surface area contributed by atoms with Crippen LogP contribution in [0.25, 0.3) is 0 Å². The van der Waals surface area contributed by atoms with E-state index in [4.69, 9.17) is 0 Å². The molecule has 1 saturated heterocycles. The number of fused-ring (bicyclic) bond motifs is 1. The molecule has 1 heterocycles. The van der Waals surface area contributed by atoms with Crippen molar-refractivity contribution in [1.82, 2.24) is 15.5 Å². The molecule has 2 saturated carbocycles. The summed E-state index contributed by atoms with van der Waals surface area (Å²) in [5.74, 6) is 0.960. The zero-order chi connectivity index (χ0) is 14.1. The Bertz CT molecular complexity index is 351. The number of rotatable bonds is 5. The number of carbonyl (C=O) groups excluding carboxylic acids is 1. The summed E-state index contributed by atoms with van der Waals surface area (Å²) in [5, 5.41) is 6.71. The highest BCUT2D eigenvalue weighted by atomic mass is 35.5. The van der Waals surface area contributed by atoms with Crippen LogP contribution in [0.3, 0.4) is 0 Å². The molecule has 0 aromatic rings. The molecule has 0 aromatic heterocycles. The van der Waals surface area contributed by atoms with E-state index in [1.807, 2.05) is 0 Å². The molecule has 1 aliphatic heterocycles. The van der Waals surface area contributed by atoms with Gasteiger partial charge < -0.3 is 10.6 Å². The van der Waals surface area contributed by atoms with Gasteiger partial charge in [-0.1, -0.05) is 12.8 Å². The molecule has 1 amide bonds. The number of amides is 1. The van der Waals surface area contributed by atoms with Crippen LogP contribution in [0.2, 0.25) is 0 Å². The molecule has 22 heavy (non-hydrogen) atoms. The van der Waals surface area contributed by atoms with Crippen molar-refractivity contribution in [2.45, 2.75) is 76.0 Å². The maximum absolute atomic E-state index is 12.3. The van der Waals surface area contributed by atoms with Gasteiger partial charge in [0, 0.05) is 24.7 Å². The zero-order valence-corrected chi connectivity index (χ0v) is 15.3. The van der Waals surface area contributed by atoms with Crippen molar-refractivity contribution < 1.29 is 4.79 Å². The molecule has 0 aromatic carbocycles. The molecule has 0 radical (unpaired) electrons. The molecule has 3 rings (SSSR count). The lowest BCUT2D eigenvalue weighted by atomic mass is 9.85. The molecule has 3 fully saturated rings. The molecule has 0 bridgehead atoms. The quantitative estimate of drug-likeness (QED) is 0.798. The van der Waals surface area contributed by atoms with Crippen LogP contribution in [-0.4, -0.2) is 48.6 Å². The third kappa shape index (κ3) is 4.73. The number of nitrogens with zero attached hydrogens (tertiary/aromatic N) is 1. The molecule has 130 valence electrons. The molecule has 4 unspecified atom stereocenters. The van der Waals surface area contributed by atoms with Gasteiger partial charge in [-0.2, -0.15) is 0 Å². The van der Waals surface area contributed by atoms with Crippen LogP contribution in [-0.2, 0) is 4.79 Å². The van der Waals surface area contributed by atoms with E-state index in [9.17, 15) is 4.79 Å². The Kier molecular flexibility index (Phi) is 7.93. The summed E-state index contributed by atoms with van der Waals surface area (Å²) in [4.78, 5) is 14.7. The summed E-state index contributed by atoms with van der Waals surface area (Å²) >= 11 is 0. The van der Waals surface area contributed by atoms with Gasteiger partial charge in [0.1, 0.15) is 0 Å². The minimum Gasteiger partial charge on any atom is -0.353 e. The van der Waals surface area contributed by atoms with Crippen LogP contribution in [0.5, 0.6) is 0 Å². The van der Waals surface area contributed by atoms with Crippen molar-refractivity contribution in [3.8, 4) is 0 Å². The van der Waals surface area contributed by atoms with E-state index in [-0.39, 0.29) is 36.8 Å². The van der Waals surface area contributed by atoms with Gasteiger partial charge in [0.2, 0.25) is 5.91 Å². The predicted molar refractivity (Wildman–Crippen MR) is 95.0 cm³/mol. The van der Waals surface area contributed by atoms with E-state index < -0.39 is 0 Å². The van der Waals surface area contributed by atoms with Crippen molar-refractivity contribution in [3.05, 3.63) is 0 Å². The summed E-state index contributed by atoms with van der Waals surface area (Å²) in [7, 11) is 2.18. The number of halogens is 2. The first kappa shape index (κ1) is 20.0. The monoisotopic (exact) mass is 351 g/mol. The lowest BCUT2D eigenvalue weighted by Gasteiger charge is -2.25. The summed E-state index contributed by atoms with van der Waals surface area (Å²) in [6.07, 6.45) is 8.93. The smallest absolute Gasteiger partial charge is 0.237 e. The van der Waals surface area contributed by atoms with Gasteiger partial charge in [0.15, 0.2) is 0 Å². The highest BCUT2D eigenvalue weighted by Gasteiger charge is 2.38. The fourth-order valence-corrected chi connectivity index (χ4v) is 3.88. The van der Waals surface area contributed by atoms with Crippen LogP contribution in [0.15, 0.2) is 0 Å². The summed E-state index contributed by atoms with van der Waals surface area (Å²) in [6.45, 7) is 2.99. The molecule has 0 spiro atoms. The second-order valence-corrected chi connectivity index (χ2v) is 7.10. The third-order valence-corrected chi connectivity index (χ3v) is 5.57. The van der Waals surface area contributed by atoms with Crippen molar-refractivity contribution in [1.29, 1.82) is 0 Å². The van der Waals surface area contributed by atoms with E-state index in [0.717, 1.165) is 24.9 Å². The number of hydrogen-bond acceptors (Lipinski definition) is 3. The largest absolute Gasteiger partial charge is 0.353 e. The van der Waals surface area contributed by atoms with Gasteiger partial charge in [-0.15, -0.1) is 24.8 Å². The number of likely N-dealkylation sites (N-methyl/N-ethyl adjacent to an activating group) is 1. The first-order valence-electron chi connectivity index (χ1n) is 8.41. The Hall–Kier alpha value is -0.0300. The van der Waals surface area contributed by atoms with Crippen LogP contribution < -0.4 is 10.6 Å². The Labute approximate surface area is 147 Å². The Balaban J connectivity index is 0.00000121. The minimum atomic E-state index is 0. The van der Waals surface area contributed by atoms with E-state index in [2.05, 4.69) is 29.5 Å². The minimum absolute atomic E-state index is 0. The molecule has 3 aliphatic rings.